The third-order valence-electron chi connectivity index (χ3n) is 5.02. The van der Waals surface area contributed by atoms with Crippen molar-refractivity contribution in [2.75, 3.05) is 26.7 Å². The van der Waals surface area contributed by atoms with Crippen molar-refractivity contribution in [2.24, 2.45) is 11.3 Å². The van der Waals surface area contributed by atoms with E-state index in [-0.39, 0.29) is 30.0 Å². The highest BCUT2D eigenvalue weighted by Crippen LogP contribution is 2.36. The van der Waals surface area contributed by atoms with Crippen molar-refractivity contribution in [2.45, 2.75) is 52.1 Å². The number of nitrogens with zero attached hydrogens (tertiary/aromatic N) is 2. The fourth-order valence-corrected chi connectivity index (χ4v) is 3.55. The molecule has 0 spiro atoms. The van der Waals surface area contributed by atoms with Crippen LogP contribution in [0.1, 0.15) is 40.0 Å². The molecule has 3 atom stereocenters. The van der Waals surface area contributed by atoms with Gasteiger partial charge in [-0.1, -0.05) is 20.8 Å². The molecule has 0 bridgehead atoms. The first-order valence-electron chi connectivity index (χ1n) is 8.78. The molecule has 3 amide bonds. The predicted octanol–water partition coefficient (Wildman–Crippen LogP) is 1.75. The Kier molecular flexibility index (Phi) is 5.80. The highest BCUT2D eigenvalue weighted by molar-refractivity contribution is 5.81. The molecule has 2 N–H and O–H groups in total. The number of fused-ring (bicyclic) bond motifs is 1. The van der Waals surface area contributed by atoms with Gasteiger partial charge in [0, 0.05) is 20.1 Å². The van der Waals surface area contributed by atoms with Crippen LogP contribution in [-0.2, 0) is 9.53 Å². The summed E-state index contributed by atoms with van der Waals surface area (Å²) < 4.78 is 5.36. The third-order valence-corrected chi connectivity index (χ3v) is 5.02. The molecule has 2 aliphatic rings. The Bertz CT molecular complexity index is 531. The number of hydrogen-bond donors (Lipinski definition) is 2. The minimum Gasteiger partial charge on any atom is -0.480 e. The summed E-state index contributed by atoms with van der Waals surface area (Å²) in [6, 6.07) is -1.41. The van der Waals surface area contributed by atoms with Crippen LogP contribution in [0.2, 0.25) is 0 Å². The SMILES string of the molecule is CNC(=O)N1CC[C@H]2C[C@@H](C(=O)O)N(C(=O)OCCC(C)(C)C)[C@H]2C1. The summed E-state index contributed by atoms with van der Waals surface area (Å²) in [5.41, 5.74) is 0.0286. The van der Waals surface area contributed by atoms with E-state index in [0.717, 1.165) is 0 Å². The molecule has 2 heterocycles. The normalized spacial score (nSPS) is 26.2. The Balaban J connectivity index is 2.09. The Morgan fingerprint density at radius 1 is 1.28 bits per heavy atom. The fourth-order valence-electron chi connectivity index (χ4n) is 3.55. The molecule has 0 aliphatic carbocycles. The lowest BCUT2D eigenvalue weighted by molar-refractivity contribution is -0.142. The van der Waals surface area contributed by atoms with E-state index < -0.39 is 18.1 Å². The number of rotatable bonds is 3. The average Bonchev–Trinajstić information content (AvgIpc) is 2.91. The van der Waals surface area contributed by atoms with Gasteiger partial charge in [-0.3, -0.25) is 4.90 Å². The van der Waals surface area contributed by atoms with Crippen LogP contribution in [0.15, 0.2) is 0 Å². The van der Waals surface area contributed by atoms with Gasteiger partial charge in [-0.2, -0.15) is 0 Å². The molecule has 0 radical (unpaired) electrons. The zero-order valence-electron chi connectivity index (χ0n) is 15.4. The monoisotopic (exact) mass is 355 g/mol. The van der Waals surface area contributed by atoms with E-state index in [9.17, 15) is 19.5 Å². The van der Waals surface area contributed by atoms with Crippen molar-refractivity contribution in [3.8, 4) is 0 Å². The van der Waals surface area contributed by atoms with Crippen molar-refractivity contribution in [1.29, 1.82) is 0 Å². The summed E-state index contributed by atoms with van der Waals surface area (Å²) in [5, 5.41) is 12.1. The van der Waals surface area contributed by atoms with Gasteiger partial charge in [0.05, 0.1) is 12.6 Å². The first-order chi connectivity index (χ1) is 11.6. The summed E-state index contributed by atoms with van der Waals surface area (Å²) in [6.07, 6.45) is 1.20. The number of carboxylic acids is 1. The molecule has 0 aromatic carbocycles. The van der Waals surface area contributed by atoms with Crippen molar-refractivity contribution >= 4 is 18.1 Å². The van der Waals surface area contributed by atoms with E-state index in [1.54, 1.807) is 11.9 Å². The van der Waals surface area contributed by atoms with Gasteiger partial charge in [0.1, 0.15) is 6.04 Å². The summed E-state index contributed by atoms with van der Waals surface area (Å²) >= 11 is 0. The molecule has 2 fully saturated rings. The van der Waals surface area contributed by atoms with Gasteiger partial charge in [-0.15, -0.1) is 0 Å². The van der Waals surface area contributed by atoms with Crippen molar-refractivity contribution < 1.29 is 24.2 Å². The van der Waals surface area contributed by atoms with E-state index in [1.165, 1.54) is 4.90 Å². The van der Waals surface area contributed by atoms with E-state index in [4.69, 9.17) is 4.74 Å². The quantitative estimate of drug-likeness (QED) is 0.803. The second-order valence-corrected chi connectivity index (χ2v) is 8.04. The molecule has 142 valence electrons. The molecule has 8 heteroatoms. The van der Waals surface area contributed by atoms with Crippen LogP contribution in [0.3, 0.4) is 0 Å². The van der Waals surface area contributed by atoms with Crippen LogP contribution in [0.25, 0.3) is 0 Å². The summed E-state index contributed by atoms with van der Waals surface area (Å²) in [7, 11) is 1.56. The van der Waals surface area contributed by atoms with Crippen molar-refractivity contribution in [1.82, 2.24) is 15.1 Å². The minimum absolute atomic E-state index is 0.0286. The van der Waals surface area contributed by atoms with Crippen LogP contribution in [0.5, 0.6) is 0 Å². The number of carbonyl (C=O) groups excluding carboxylic acids is 2. The van der Waals surface area contributed by atoms with E-state index >= 15 is 0 Å². The van der Waals surface area contributed by atoms with Gasteiger partial charge in [0.25, 0.3) is 0 Å². The number of carboxylic acid groups (broad SMARTS) is 1. The van der Waals surface area contributed by atoms with Crippen LogP contribution in [0, 0.1) is 11.3 Å². The molecule has 0 aromatic rings. The fraction of sp³-hybridized carbons (Fsp3) is 0.824. The van der Waals surface area contributed by atoms with E-state index in [0.29, 0.717) is 32.4 Å². The second-order valence-electron chi connectivity index (χ2n) is 8.04. The third kappa shape index (κ3) is 4.55. The molecule has 0 aromatic heterocycles. The molecule has 25 heavy (non-hydrogen) atoms. The summed E-state index contributed by atoms with van der Waals surface area (Å²) in [5.74, 6) is -0.939. The van der Waals surface area contributed by atoms with Crippen LogP contribution in [0.4, 0.5) is 9.59 Å². The largest absolute Gasteiger partial charge is 0.480 e. The lowest BCUT2D eigenvalue weighted by atomic mass is 9.91. The first-order valence-corrected chi connectivity index (χ1v) is 8.78. The Morgan fingerprint density at radius 2 is 1.96 bits per heavy atom. The summed E-state index contributed by atoms with van der Waals surface area (Å²) in [4.78, 5) is 39.0. The van der Waals surface area contributed by atoms with Gasteiger partial charge in [0.2, 0.25) is 0 Å². The maximum absolute atomic E-state index is 12.6. The average molecular weight is 355 g/mol. The number of likely N-dealkylation sites (tertiary alicyclic amines) is 2. The molecule has 2 saturated heterocycles. The smallest absolute Gasteiger partial charge is 0.410 e. The standard InChI is InChI=1S/C17H29N3O5/c1-17(2,3)6-8-25-16(24)20-12(14(21)22)9-11-5-7-19(10-13(11)20)15(23)18-4/h11-13H,5-10H2,1-4H3,(H,18,23)(H,21,22)/t11-,12-,13-/m0/s1. The highest BCUT2D eigenvalue weighted by Gasteiger charge is 2.50. The van der Waals surface area contributed by atoms with Crippen molar-refractivity contribution in [3.63, 3.8) is 0 Å². The number of aliphatic carboxylic acids is 1. The van der Waals surface area contributed by atoms with E-state index in [1.807, 2.05) is 0 Å². The van der Waals surface area contributed by atoms with Gasteiger partial charge in [-0.05, 0) is 30.6 Å². The van der Waals surface area contributed by atoms with Crippen LogP contribution < -0.4 is 5.32 Å². The predicted molar refractivity (Wildman–Crippen MR) is 91.2 cm³/mol. The number of urea groups is 1. The second kappa shape index (κ2) is 7.49. The zero-order chi connectivity index (χ0) is 18.8. The Labute approximate surface area is 148 Å². The highest BCUT2D eigenvalue weighted by atomic mass is 16.6. The lowest BCUT2D eigenvalue weighted by Crippen LogP contribution is -2.55. The molecular formula is C17H29N3O5. The van der Waals surface area contributed by atoms with Gasteiger partial charge in [0.15, 0.2) is 0 Å². The Morgan fingerprint density at radius 3 is 2.52 bits per heavy atom. The Hall–Kier alpha value is -1.99. The minimum atomic E-state index is -1.02. The van der Waals surface area contributed by atoms with Gasteiger partial charge in [-0.25, -0.2) is 14.4 Å². The molecule has 0 unspecified atom stereocenters. The lowest BCUT2D eigenvalue weighted by Gasteiger charge is -2.38. The summed E-state index contributed by atoms with van der Waals surface area (Å²) in [6.45, 7) is 7.31. The molecule has 2 rings (SSSR count). The first kappa shape index (κ1) is 19.3. The van der Waals surface area contributed by atoms with Crippen LogP contribution >= 0.6 is 0 Å². The molecule has 2 aliphatic heterocycles. The molecule has 0 saturated carbocycles. The molecule has 8 nitrogen and oxygen atoms in total. The number of nitrogens with one attached hydrogen (secondary N) is 1. The van der Waals surface area contributed by atoms with Gasteiger partial charge < -0.3 is 20.1 Å². The maximum Gasteiger partial charge on any atom is 0.410 e. The number of amides is 3. The topological polar surface area (TPSA) is 99.2 Å². The number of hydrogen-bond acceptors (Lipinski definition) is 4. The van der Waals surface area contributed by atoms with Gasteiger partial charge >= 0.3 is 18.1 Å². The molecular weight excluding hydrogens is 326 g/mol. The van der Waals surface area contributed by atoms with Crippen molar-refractivity contribution in [3.05, 3.63) is 0 Å². The maximum atomic E-state index is 12.6. The van der Waals surface area contributed by atoms with Crippen LogP contribution in [-0.4, -0.2) is 71.8 Å². The number of piperidine rings is 1. The number of carbonyl (C=O) groups is 3. The zero-order valence-corrected chi connectivity index (χ0v) is 15.4. The van der Waals surface area contributed by atoms with E-state index in [2.05, 4.69) is 26.1 Å². The number of ether oxygens (including phenoxy) is 1.